The first-order chi connectivity index (χ1) is 12.1. The van der Waals surface area contributed by atoms with E-state index in [2.05, 4.69) is 51.8 Å². The molecule has 26 heavy (non-hydrogen) atoms. The van der Waals surface area contributed by atoms with Crippen molar-refractivity contribution in [2.75, 3.05) is 45.2 Å². The van der Waals surface area contributed by atoms with Crippen molar-refractivity contribution in [2.45, 2.75) is 32.2 Å². The summed E-state index contributed by atoms with van der Waals surface area (Å²) in [6.45, 7) is 5.36. The van der Waals surface area contributed by atoms with E-state index in [1.165, 1.54) is 5.69 Å². The summed E-state index contributed by atoms with van der Waals surface area (Å²) in [5.74, 6) is 1.05. The maximum absolute atomic E-state index is 11.8. The number of amides is 1. The zero-order valence-electron chi connectivity index (χ0n) is 16.1. The first kappa shape index (κ1) is 22.5. The third-order valence-corrected chi connectivity index (χ3v) is 4.57. The third-order valence-electron chi connectivity index (χ3n) is 4.57. The van der Waals surface area contributed by atoms with E-state index in [0.29, 0.717) is 6.42 Å². The van der Waals surface area contributed by atoms with Crippen molar-refractivity contribution in [2.24, 2.45) is 4.99 Å². The van der Waals surface area contributed by atoms with Crippen molar-refractivity contribution in [1.82, 2.24) is 15.5 Å². The summed E-state index contributed by atoms with van der Waals surface area (Å²) in [7, 11) is 3.90. The van der Waals surface area contributed by atoms with Gasteiger partial charge in [0.05, 0.1) is 0 Å². The third kappa shape index (κ3) is 7.01. The minimum atomic E-state index is 0. The molecule has 146 valence electrons. The summed E-state index contributed by atoms with van der Waals surface area (Å²) in [5.41, 5.74) is 1.23. The quantitative estimate of drug-likeness (QED) is 0.276. The molecule has 1 aromatic rings. The zero-order valence-corrected chi connectivity index (χ0v) is 18.4. The molecule has 0 bridgehead atoms. The topological polar surface area (TPSA) is 60.0 Å². The van der Waals surface area contributed by atoms with E-state index in [9.17, 15) is 4.79 Å². The monoisotopic (exact) mass is 473 g/mol. The van der Waals surface area contributed by atoms with E-state index in [4.69, 9.17) is 0 Å². The van der Waals surface area contributed by atoms with Gasteiger partial charge >= 0.3 is 0 Å². The van der Waals surface area contributed by atoms with Crippen LogP contribution in [-0.4, -0.2) is 63.1 Å². The van der Waals surface area contributed by atoms with Crippen LogP contribution in [-0.2, 0) is 4.79 Å². The maximum Gasteiger partial charge on any atom is 0.222 e. The fraction of sp³-hybridized carbons (Fsp3) is 0.579. The van der Waals surface area contributed by atoms with Gasteiger partial charge in [0.1, 0.15) is 0 Å². The van der Waals surface area contributed by atoms with Crippen LogP contribution >= 0.6 is 24.0 Å². The van der Waals surface area contributed by atoms with Crippen LogP contribution in [0.2, 0.25) is 0 Å². The first-order valence-electron chi connectivity index (χ1n) is 9.15. The lowest BCUT2D eigenvalue weighted by Crippen LogP contribution is -2.45. The number of nitrogens with zero attached hydrogens (tertiary/aromatic N) is 3. The number of rotatable bonds is 7. The number of halogens is 1. The van der Waals surface area contributed by atoms with Gasteiger partial charge in [0, 0.05) is 58.4 Å². The molecule has 0 aromatic heterocycles. The Hall–Kier alpha value is -1.51. The highest BCUT2D eigenvalue weighted by Crippen LogP contribution is 2.11. The number of nitrogens with one attached hydrogen (secondary N) is 2. The minimum absolute atomic E-state index is 0. The average Bonchev–Trinajstić information content (AvgIpc) is 3.12. The summed E-state index contributed by atoms with van der Waals surface area (Å²) in [6.07, 6.45) is 2.58. The van der Waals surface area contributed by atoms with Crippen LogP contribution < -0.4 is 15.5 Å². The van der Waals surface area contributed by atoms with Crippen LogP contribution in [0.25, 0.3) is 0 Å². The smallest absolute Gasteiger partial charge is 0.222 e. The molecule has 7 heteroatoms. The second-order valence-corrected chi connectivity index (χ2v) is 6.43. The fourth-order valence-electron chi connectivity index (χ4n) is 3.05. The number of carbonyl (C=O) groups is 1. The number of para-hydroxylation sites is 1. The molecule has 1 amide bonds. The number of carbonyl (C=O) groups excluding carboxylic acids is 1. The molecule has 1 unspecified atom stereocenters. The van der Waals surface area contributed by atoms with Crippen molar-refractivity contribution in [3.8, 4) is 0 Å². The lowest BCUT2D eigenvalue weighted by Gasteiger charge is -2.21. The van der Waals surface area contributed by atoms with Gasteiger partial charge in [-0.3, -0.25) is 9.79 Å². The molecule has 2 N–H and O–H groups in total. The highest BCUT2D eigenvalue weighted by Gasteiger charge is 2.25. The Morgan fingerprint density at radius 2 is 2.08 bits per heavy atom. The van der Waals surface area contributed by atoms with Gasteiger partial charge < -0.3 is 20.4 Å². The van der Waals surface area contributed by atoms with Gasteiger partial charge in [0.25, 0.3) is 0 Å². The predicted molar refractivity (Wildman–Crippen MR) is 120 cm³/mol. The highest BCUT2D eigenvalue weighted by atomic mass is 127. The van der Waals surface area contributed by atoms with Gasteiger partial charge in [-0.15, -0.1) is 24.0 Å². The molecule has 1 aromatic carbocycles. The molecular weight excluding hydrogens is 441 g/mol. The zero-order chi connectivity index (χ0) is 18.1. The number of anilines is 1. The van der Waals surface area contributed by atoms with Gasteiger partial charge in [-0.25, -0.2) is 0 Å². The molecule has 1 fully saturated rings. The predicted octanol–water partition coefficient (Wildman–Crippen LogP) is 2.31. The van der Waals surface area contributed by atoms with Gasteiger partial charge in [0.15, 0.2) is 5.96 Å². The van der Waals surface area contributed by atoms with Gasteiger partial charge in [-0.2, -0.15) is 0 Å². The highest BCUT2D eigenvalue weighted by molar-refractivity contribution is 14.0. The maximum atomic E-state index is 11.8. The van der Waals surface area contributed by atoms with E-state index in [1.807, 2.05) is 17.9 Å². The summed E-state index contributed by atoms with van der Waals surface area (Å²) in [5, 5.41) is 6.80. The summed E-state index contributed by atoms with van der Waals surface area (Å²) >= 11 is 0. The lowest BCUT2D eigenvalue weighted by atomic mass is 10.2. The summed E-state index contributed by atoms with van der Waals surface area (Å²) in [4.78, 5) is 20.2. The Kier molecular flexibility index (Phi) is 10.4. The molecule has 0 spiro atoms. The van der Waals surface area contributed by atoms with E-state index in [0.717, 1.165) is 45.0 Å². The molecular formula is C19H32IN5O. The van der Waals surface area contributed by atoms with Crippen molar-refractivity contribution in [3.63, 3.8) is 0 Å². The van der Waals surface area contributed by atoms with E-state index in [-0.39, 0.29) is 35.9 Å². The first-order valence-corrected chi connectivity index (χ1v) is 9.15. The Balaban J connectivity index is 0.00000338. The Labute approximate surface area is 174 Å². The number of aliphatic imine (C=N–C) groups is 1. The van der Waals surface area contributed by atoms with Crippen molar-refractivity contribution in [1.29, 1.82) is 0 Å². The molecule has 2 rings (SSSR count). The molecule has 6 nitrogen and oxygen atoms in total. The van der Waals surface area contributed by atoms with Gasteiger partial charge in [-0.1, -0.05) is 25.1 Å². The Morgan fingerprint density at radius 1 is 1.35 bits per heavy atom. The number of hydrogen-bond acceptors (Lipinski definition) is 3. The molecule has 1 aliphatic rings. The molecule has 1 aliphatic heterocycles. The van der Waals surface area contributed by atoms with Crippen LogP contribution in [0.15, 0.2) is 35.3 Å². The minimum Gasteiger partial charge on any atom is -0.375 e. The van der Waals surface area contributed by atoms with E-state index < -0.39 is 0 Å². The standard InChI is InChI=1S/C19H31N5O.HI/c1-4-18(25)24-14-11-16(15-24)22-19(20-2)21-12-8-13-23(3)17-9-6-5-7-10-17;/h5-7,9-10,16H,4,8,11-15H2,1-3H3,(H2,20,21,22);1H. The normalized spacial score (nSPS) is 16.8. The van der Waals surface area contributed by atoms with Gasteiger partial charge in [0.2, 0.25) is 5.91 Å². The van der Waals surface area contributed by atoms with Gasteiger partial charge in [-0.05, 0) is 25.0 Å². The van der Waals surface area contributed by atoms with Crippen molar-refractivity contribution < 1.29 is 4.79 Å². The number of likely N-dealkylation sites (tertiary alicyclic amines) is 1. The average molecular weight is 473 g/mol. The van der Waals surface area contributed by atoms with Crippen molar-refractivity contribution >= 4 is 41.5 Å². The SMILES string of the molecule is CCC(=O)N1CCC(NC(=NC)NCCCN(C)c2ccccc2)C1.I. The second-order valence-electron chi connectivity index (χ2n) is 6.43. The van der Waals surface area contributed by atoms with Crippen LogP contribution in [0.3, 0.4) is 0 Å². The molecule has 0 radical (unpaired) electrons. The van der Waals surface area contributed by atoms with E-state index >= 15 is 0 Å². The molecule has 1 heterocycles. The number of benzene rings is 1. The summed E-state index contributed by atoms with van der Waals surface area (Å²) in [6, 6.07) is 10.7. The van der Waals surface area contributed by atoms with Crippen LogP contribution in [0.4, 0.5) is 5.69 Å². The van der Waals surface area contributed by atoms with E-state index in [1.54, 1.807) is 7.05 Å². The Morgan fingerprint density at radius 3 is 2.73 bits per heavy atom. The molecule has 1 atom stereocenters. The van der Waals surface area contributed by atoms with Crippen molar-refractivity contribution in [3.05, 3.63) is 30.3 Å². The fourth-order valence-corrected chi connectivity index (χ4v) is 3.05. The summed E-state index contributed by atoms with van der Waals surface area (Å²) < 4.78 is 0. The molecule has 0 aliphatic carbocycles. The molecule has 1 saturated heterocycles. The van der Waals surface area contributed by atoms with Crippen LogP contribution in [0.5, 0.6) is 0 Å². The van der Waals surface area contributed by atoms with Crippen LogP contribution in [0.1, 0.15) is 26.2 Å². The van der Waals surface area contributed by atoms with Crippen LogP contribution in [0, 0.1) is 0 Å². The Bertz CT molecular complexity index is 566. The number of hydrogen-bond donors (Lipinski definition) is 2. The number of guanidine groups is 1. The second kappa shape index (κ2) is 12.0. The molecule has 0 saturated carbocycles. The lowest BCUT2D eigenvalue weighted by molar-refractivity contribution is -0.129. The largest absolute Gasteiger partial charge is 0.375 e.